The number of anilines is 1. The van der Waals surface area contributed by atoms with Gasteiger partial charge < -0.3 is 4.90 Å². The Morgan fingerprint density at radius 1 is 0.906 bits per heavy atom. The summed E-state index contributed by atoms with van der Waals surface area (Å²) in [5, 5.41) is 5.94. The fourth-order valence-corrected chi connectivity index (χ4v) is 6.85. The lowest BCUT2D eigenvalue weighted by atomic mass is 9.66. The zero-order valence-corrected chi connectivity index (χ0v) is 18.6. The Balaban J connectivity index is 1.25. The highest BCUT2D eigenvalue weighted by Gasteiger charge is 2.51. The Bertz CT molecular complexity index is 1300. The van der Waals surface area contributed by atoms with Gasteiger partial charge in [0.25, 0.3) is 0 Å². The molecule has 4 aromatic rings. The van der Waals surface area contributed by atoms with E-state index in [-0.39, 0.29) is 0 Å². The first-order chi connectivity index (χ1) is 15.7. The highest BCUT2D eigenvalue weighted by Crippen LogP contribution is 2.49. The Labute approximate surface area is 188 Å². The topological polar surface area (TPSA) is 36.7 Å². The number of hydrogen-bond donors (Lipinski definition) is 0. The summed E-state index contributed by atoms with van der Waals surface area (Å²) in [6.07, 6.45) is 2.66. The highest BCUT2D eigenvalue weighted by molar-refractivity contribution is 5.92. The molecule has 5 nitrogen and oxygen atoms in total. The van der Waals surface area contributed by atoms with Crippen LogP contribution in [0.4, 0.5) is 5.82 Å². The Morgan fingerprint density at radius 2 is 1.72 bits per heavy atom. The Kier molecular flexibility index (Phi) is 4.10. The molecule has 0 N–H and O–H groups in total. The number of benzene rings is 2. The Morgan fingerprint density at radius 3 is 2.62 bits per heavy atom. The minimum Gasteiger partial charge on any atom is -0.352 e. The molecule has 3 saturated heterocycles. The number of aromatic nitrogens is 3. The highest BCUT2D eigenvalue weighted by atomic mass is 15.3. The molecule has 0 amide bonds. The van der Waals surface area contributed by atoms with Gasteiger partial charge in [0.15, 0.2) is 5.65 Å². The molecule has 5 heteroatoms. The van der Waals surface area contributed by atoms with Gasteiger partial charge in [0.1, 0.15) is 5.82 Å². The van der Waals surface area contributed by atoms with E-state index in [0.717, 1.165) is 47.7 Å². The van der Waals surface area contributed by atoms with Gasteiger partial charge in [-0.1, -0.05) is 42.5 Å². The van der Waals surface area contributed by atoms with Crippen molar-refractivity contribution in [3.63, 3.8) is 0 Å². The molecule has 3 aliphatic heterocycles. The number of aryl methyl sites for hydroxylation is 1. The normalized spacial score (nSPS) is 27.5. The maximum absolute atomic E-state index is 5.18. The molecule has 0 spiro atoms. The zero-order chi connectivity index (χ0) is 21.2. The van der Waals surface area contributed by atoms with Gasteiger partial charge in [-0.25, -0.2) is 9.50 Å². The van der Waals surface area contributed by atoms with Crippen LogP contribution in [0.15, 0.2) is 60.7 Å². The second-order valence-electron chi connectivity index (χ2n) is 10.1. The van der Waals surface area contributed by atoms with Crippen LogP contribution in [-0.2, 0) is 6.54 Å². The number of nitrogens with zero attached hydrogens (tertiary/aromatic N) is 5. The van der Waals surface area contributed by atoms with Gasteiger partial charge in [-0.2, -0.15) is 5.10 Å². The third kappa shape index (κ3) is 2.80. The largest absolute Gasteiger partial charge is 0.352 e. The lowest BCUT2D eigenvalue weighted by Gasteiger charge is -2.52. The molecule has 4 unspecified atom stereocenters. The van der Waals surface area contributed by atoms with E-state index < -0.39 is 0 Å². The van der Waals surface area contributed by atoms with E-state index in [0.29, 0.717) is 6.04 Å². The van der Waals surface area contributed by atoms with Crippen molar-refractivity contribution < 1.29 is 0 Å². The summed E-state index contributed by atoms with van der Waals surface area (Å²) in [6.45, 7) is 6.74. The number of piperidine rings is 2. The first-order valence-electron chi connectivity index (χ1n) is 12.0. The number of rotatable bonds is 3. The molecule has 2 aromatic carbocycles. The summed E-state index contributed by atoms with van der Waals surface area (Å²) in [7, 11) is 0. The summed E-state index contributed by atoms with van der Waals surface area (Å²) in [4.78, 5) is 10.6. The van der Waals surface area contributed by atoms with Gasteiger partial charge in [0.05, 0.1) is 11.2 Å². The van der Waals surface area contributed by atoms with Crippen LogP contribution in [0.3, 0.4) is 0 Å². The van der Waals surface area contributed by atoms with E-state index in [4.69, 9.17) is 10.1 Å². The monoisotopic (exact) mass is 423 g/mol. The first-order valence-corrected chi connectivity index (χ1v) is 12.0. The maximum atomic E-state index is 5.18. The van der Waals surface area contributed by atoms with Crippen molar-refractivity contribution in [1.29, 1.82) is 0 Å². The van der Waals surface area contributed by atoms with Crippen LogP contribution >= 0.6 is 0 Å². The van der Waals surface area contributed by atoms with Gasteiger partial charge in [-0.05, 0) is 55.2 Å². The molecule has 8 rings (SSSR count). The van der Waals surface area contributed by atoms with E-state index in [1.54, 1.807) is 0 Å². The molecule has 2 aromatic heterocycles. The average molecular weight is 424 g/mol. The van der Waals surface area contributed by atoms with Crippen LogP contribution in [0.5, 0.6) is 0 Å². The van der Waals surface area contributed by atoms with E-state index in [9.17, 15) is 0 Å². The Hall–Kier alpha value is -2.92. The van der Waals surface area contributed by atoms with Crippen molar-refractivity contribution >= 4 is 22.4 Å². The second kappa shape index (κ2) is 7.04. The first kappa shape index (κ1) is 18.6. The molecule has 4 aliphatic rings. The van der Waals surface area contributed by atoms with E-state index in [1.165, 1.54) is 42.7 Å². The minimum absolute atomic E-state index is 0.591. The van der Waals surface area contributed by atoms with Crippen molar-refractivity contribution in [2.45, 2.75) is 32.4 Å². The van der Waals surface area contributed by atoms with E-state index in [2.05, 4.69) is 77.4 Å². The van der Waals surface area contributed by atoms with Crippen molar-refractivity contribution in [3.05, 3.63) is 71.9 Å². The molecular formula is C27H29N5. The second-order valence-corrected chi connectivity index (χ2v) is 10.1. The van der Waals surface area contributed by atoms with Crippen LogP contribution in [0.2, 0.25) is 0 Å². The molecule has 5 heterocycles. The smallest absolute Gasteiger partial charge is 0.158 e. The fraction of sp³-hybridized carbons (Fsp3) is 0.407. The van der Waals surface area contributed by atoms with Gasteiger partial charge in [-0.15, -0.1) is 0 Å². The van der Waals surface area contributed by atoms with Gasteiger partial charge in [-0.3, -0.25) is 4.90 Å². The molecule has 1 aliphatic carbocycles. The SMILES string of the molecule is Cc1cc2nc(N3CC4CCC3C3CN(Cc5ccccc5)CC43)c3ccccc3n2n1. The van der Waals surface area contributed by atoms with Gasteiger partial charge in [0.2, 0.25) is 0 Å². The third-order valence-electron chi connectivity index (χ3n) is 8.18. The van der Waals surface area contributed by atoms with Crippen LogP contribution in [0, 0.1) is 24.7 Å². The third-order valence-corrected chi connectivity index (χ3v) is 8.18. The molecule has 1 saturated carbocycles. The molecule has 4 fully saturated rings. The van der Waals surface area contributed by atoms with E-state index in [1.807, 2.05) is 4.52 Å². The van der Waals surface area contributed by atoms with Crippen LogP contribution in [0.1, 0.15) is 24.1 Å². The standard InChI is InChI=1S/C27H29N5/c1-18-13-26-28-27(21-9-5-6-10-25(21)32(26)29-18)31-15-20-11-12-24(31)23-17-30(16-22(20)23)14-19-7-3-2-4-8-19/h2-10,13,20,22-24H,11-12,14-17H2,1H3. The summed E-state index contributed by atoms with van der Waals surface area (Å²) in [6, 6.07) is 22.3. The van der Waals surface area contributed by atoms with E-state index >= 15 is 0 Å². The molecular weight excluding hydrogens is 394 g/mol. The zero-order valence-electron chi connectivity index (χ0n) is 18.6. The predicted molar refractivity (Wildman–Crippen MR) is 128 cm³/mol. The molecule has 32 heavy (non-hydrogen) atoms. The van der Waals surface area contributed by atoms with Crippen LogP contribution in [0.25, 0.3) is 16.6 Å². The lowest BCUT2D eigenvalue weighted by molar-refractivity contribution is 0.120. The molecule has 162 valence electrons. The van der Waals surface area contributed by atoms with Crippen LogP contribution < -0.4 is 4.90 Å². The average Bonchev–Trinajstić information content (AvgIpc) is 3.43. The lowest BCUT2D eigenvalue weighted by Crippen LogP contribution is -2.57. The van der Waals surface area contributed by atoms with Crippen molar-refractivity contribution in [2.75, 3.05) is 24.5 Å². The molecule has 4 atom stereocenters. The number of para-hydroxylation sites is 1. The van der Waals surface area contributed by atoms with Crippen molar-refractivity contribution in [3.8, 4) is 0 Å². The molecule has 0 radical (unpaired) electrons. The van der Waals surface area contributed by atoms with Crippen LogP contribution in [-0.4, -0.2) is 45.2 Å². The van der Waals surface area contributed by atoms with Gasteiger partial charge in [0, 0.05) is 43.7 Å². The number of fused-ring (bicyclic) bond motifs is 5. The minimum atomic E-state index is 0.591. The summed E-state index contributed by atoms with van der Waals surface area (Å²) < 4.78 is 2.01. The predicted octanol–water partition coefficient (Wildman–Crippen LogP) is 4.54. The van der Waals surface area contributed by atoms with Crippen molar-refractivity contribution in [1.82, 2.24) is 19.5 Å². The maximum Gasteiger partial charge on any atom is 0.158 e. The summed E-state index contributed by atoms with van der Waals surface area (Å²) in [5.41, 5.74) is 4.58. The molecule has 2 bridgehead atoms. The van der Waals surface area contributed by atoms with Gasteiger partial charge >= 0.3 is 0 Å². The quantitative estimate of drug-likeness (QED) is 0.485. The number of likely N-dealkylation sites (tertiary alicyclic amines) is 1. The fourth-order valence-electron chi connectivity index (χ4n) is 6.85. The summed E-state index contributed by atoms with van der Waals surface area (Å²) in [5.74, 6) is 3.52. The number of hydrogen-bond acceptors (Lipinski definition) is 4. The summed E-state index contributed by atoms with van der Waals surface area (Å²) >= 11 is 0. The van der Waals surface area contributed by atoms with Crippen molar-refractivity contribution in [2.24, 2.45) is 17.8 Å².